The number of fused-ring (bicyclic) bond motifs is 1. The number of aromatic nitrogens is 3. The summed E-state index contributed by atoms with van der Waals surface area (Å²) in [5.41, 5.74) is 1.44. The first-order valence-electron chi connectivity index (χ1n) is 8.98. The summed E-state index contributed by atoms with van der Waals surface area (Å²) in [6.45, 7) is 0. The van der Waals surface area contributed by atoms with Gasteiger partial charge in [0.25, 0.3) is 0 Å². The lowest BCUT2D eigenvalue weighted by Gasteiger charge is -2.09. The average Bonchev–Trinajstić information content (AvgIpc) is 2.75. The summed E-state index contributed by atoms with van der Waals surface area (Å²) in [6, 6.07) is 13.9. The molecule has 3 aromatic heterocycles. The Kier molecular flexibility index (Phi) is 5.45. The molecule has 0 amide bonds. The maximum Gasteiger partial charge on any atom is 0.219 e. The van der Waals surface area contributed by atoms with Crippen molar-refractivity contribution in [1.29, 1.82) is 0 Å². The number of halogens is 1. The van der Waals surface area contributed by atoms with Gasteiger partial charge in [-0.2, -0.15) is 0 Å². The third-order valence-electron chi connectivity index (χ3n) is 4.40. The maximum atomic E-state index is 12.6. The first kappa shape index (κ1) is 19.6. The molecule has 0 bridgehead atoms. The van der Waals surface area contributed by atoms with Crippen LogP contribution in [0.1, 0.15) is 16.1 Å². The van der Waals surface area contributed by atoms with Crippen molar-refractivity contribution in [3.8, 4) is 23.1 Å². The zero-order valence-electron chi connectivity index (χ0n) is 15.9. The molecule has 4 rings (SSSR count). The lowest BCUT2D eigenvalue weighted by molar-refractivity contribution is 0.0984. The van der Waals surface area contributed by atoms with E-state index in [1.807, 2.05) is 12.1 Å². The van der Waals surface area contributed by atoms with Crippen molar-refractivity contribution in [3.05, 3.63) is 77.3 Å². The van der Waals surface area contributed by atoms with E-state index in [0.717, 1.165) is 10.9 Å². The molecule has 7 nitrogen and oxygen atoms in total. The Morgan fingerprint density at radius 3 is 2.73 bits per heavy atom. The highest BCUT2D eigenvalue weighted by Crippen LogP contribution is 2.30. The molecule has 150 valence electrons. The van der Waals surface area contributed by atoms with Crippen LogP contribution in [0.25, 0.3) is 10.9 Å². The third kappa shape index (κ3) is 4.01. The number of pyridine rings is 3. The molecule has 0 aliphatic carbocycles. The van der Waals surface area contributed by atoms with E-state index in [0.29, 0.717) is 17.1 Å². The van der Waals surface area contributed by atoms with Crippen molar-refractivity contribution < 1.29 is 19.4 Å². The summed E-state index contributed by atoms with van der Waals surface area (Å²) in [4.78, 5) is 25.0. The number of benzene rings is 1. The molecule has 1 N–H and O–H groups in total. The van der Waals surface area contributed by atoms with Crippen LogP contribution in [0.2, 0.25) is 5.15 Å². The van der Waals surface area contributed by atoms with Gasteiger partial charge >= 0.3 is 0 Å². The average molecular weight is 422 g/mol. The zero-order chi connectivity index (χ0) is 21.1. The fourth-order valence-corrected chi connectivity index (χ4v) is 3.12. The van der Waals surface area contributed by atoms with Crippen molar-refractivity contribution >= 4 is 28.3 Å². The molecule has 3 heterocycles. The van der Waals surface area contributed by atoms with Crippen molar-refractivity contribution in [1.82, 2.24) is 15.0 Å². The SMILES string of the molecule is COc1ccnc(C(=O)Cc2ccc3nc(Oc4cccnc4Cl)ccc3c2)c1O. The summed E-state index contributed by atoms with van der Waals surface area (Å²) < 4.78 is 10.7. The van der Waals surface area contributed by atoms with E-state index >= 15 is 0 Å². The van der Waals surface area contributed by atoms with Gasteiger partial charge in [-0.05, 0) is 35.9 Å². The Hall–Kier alpha value is -3.71. The predicted octanol–water partition coefficient (Wildman–Crippen LogP) is 4.61. The van der Waals surface area contributed by atoms with Crippen LogP contribution >= 0.6 is 11.6 Å². The molecular formula is C22H16ClN3O4. The summed E-state index contributed by atoms with van der Waals surface area (Å²) in [5, 5.41) is 11.2. The molecule has 30 heavy (non-hydrogen) atoms. The van der Waals surface area contributed by atoms with Crippen LogP contribution < -0.4 is 9.47 Å². The number of Topliss-reactive ketones (excluding diaryl/α,β-unsaturated/α-hetero) is 1. The first-order chi connectivity index (χ1) is 14.5. The molecule has 0 saturated carbocycles. The van der Waals surface area contributed by atoms with Crippen molar-refractivity contribution in [2.75, 3.05) is 7.11 Å². The fraction of sp³-hybridized carbons (Fsp3) is 0.0909. The number of rotatable bonds is 6. The smallest absolute Gasteiger partial charge is 0.219 e. The zero-order valence-corrected chi connectivity index (χ0v) is 16.6. The molecule has 0 aliphatic rings. The number of hydrogen-bond acceptors (Lipinski definition) is 7. The van der Waals surface area contributed by atoms with Crippen LogP contribution in [-0.4, -0.2) is 33.0 Å². The number of ether oxygens (including phenoxy) is 2. The van der Waals surface area contributed by atoms with E-state index in [1.54, 1.807) is 36.5 Å². The predicted molar refractivity (Wildman–Crippen MR) is 112 cm³/mol. The number of carbonyl (C=O) groups is 1. The highest BCUT2D eigenvalue weighted by Gasteiger charge is 2.17. The summed E-state index contributed by atoms with van der Waals surface area (Å²) >= 11 is 6.02. The van der Waals surface area contributed by atoms with Crippen molar-refractivity contribution in [3.63, 3.8) is 0 Å². The Morgan fingerprint density at radius 1 is 1.07 bits per heavy atom. The first-order valence-corrected chi connectivity index (χ1v) is 9.36. The summed E-state index contributed by atoms with van der Waals surface area (Å²) in [6.07, 6.45) is 3.08. The van der Waals surface area contributed by atoms with E-state index in [4.69, 9.17) is 21.1 Å². The van der Waals surface area contributed by atoms with Gasteiger partial charge in [0, 0.05) is 36.3 Å². The Bertz CT molecular complexity index is 1250. The summed E-state index contributed by atoms with van der Waals surface area (Å²) in [7, 11) is 1.42. The van der Waals surface area contributed by atoms with Crippen LogP contribution in [0.5, 0.6) is 23.1 Å². The minimum atomic E-state index is -0.315. The Morgan fingerprint density at radius 2 is 1.93 bits per heavy atom. The van der Waals surface area contributed by atoms with Gasteiger partial charge < -0.3 is 14.6 Å². The number of carbonyl (C=O) groups excluding carboxylic acids is 1. The van der Waals surface area contributed by atoms with E-state index in [1.165, 1.54) is 19.4 Å². The van der Waals surface area contributed by atoms with Crippen LogP contribution in [0, 0.1) is 0 Å². The number of nitrogens with zero attached hydrogens (tertiary/aromatic N) is 3. The van der Waals surface area contributed by atoms with Gasteiger partial charge in [0.2, 0.25) is 5.88 Å². The molecule has 0 fully saturated rings. The molecule has 0 spiro atoms. The molecule has 0 radical (unpaired) electrons. The maximum absolute atomic E-state index is 12.6. The molecule has 4 aromatic rings. The molecule has 0 saturated heterocycles. The van der Waals surface area contributed by atoms with Crippen LogP contribution in [0.4, 0.5) is 0 Å². The summed E-state index contributed by atoms with van der Waals surface area (Å²) in [5.74, 6) is 0.427. The minimum absolute atomic E-state index is 0.0235. The van der Waals surface area contributed by atoms with Gasteiger partial charge in [-0.15, -0.1) is 0 Å². The van der Waals surface area contributed by atoms with E-state index in [2.05, 4.69) is 15.0 Å². The monoisotopic (exact) mass is 421 g/mol. The molecule has 0 aliphatic heterocycles. The molecule has 0 atom stereocenters. The second kappa shape index (κ2) is 8.34. The number of aromatic hydroxyl groups is 1. The van der Waals surface area contributed by atoms with Crippen LogP contribution in [0.15, 0.2) is 60.9 Å². The Labute approximate surface area is 176 Å². The van der Waals surface area contributed by atoms with Gasteiger partial charge in [-0.25, -0.2) is 15.0 Å². The fourth-order valence-electron chi connectivity index (χ4n) is 2.96. The van der Waals surface area contributed by atoms with Gasteiger partial charge in [0.15, 0.2) is 33.9 Å². The van der Waals surface area contributed by atoms with Gasteiger partial charge in [-0.1, -0.05) is 17.7 Å². The highest BCUT2D eigenvalue weighted by atomic mass is 35.5. The van der Waals surface area contributed by atoms with Crippen molar-refractivity contribution in [2.45, 2.75) is 6.42 Å². The van der Waals surface area contributed by atoms with Gasteiger partial charge in [0.1, 0.15) is 0 Å². The van der Waals surface area contributed by atoms with Crippen molar-refractivity contribution in [2.24, 2.45) is 0 Å². The number of ketones is 1. The number of hydrogen-bond donors (Lipinski definition) is 1. The lowest BCUT2D eigenvalue weighted by Crippen LogP contribution is -2.07. The molecule has 1 aromatic carbocycles. The topological polar surface area (TPSA) is 94.4 Å². The minimum Gasteiger partial charge on any atom is -0.503 e. The molecule has 8 heteroatoms. The second-order valence-corrected chi connectivity index (χ2v) is 6.74. The highest BCUT2D eigenvalue weighted by molar-refractivity contribution is 6.30. The largest absolute Gasteiger partial charge is 0.503 e. The normalized spacial score (nSPS) is 10.7. The molecular weight excluding hydrogens is 406 g/mol. The Balaban J connectivity index is 1.55. The van der Waals surface area contributed by atoms with E-state index in [9.17, 15) is 9.90 Å². The van der Waals surface area contributed by atoms with Gasteiger partial charge in [-0.3, -0.25) is 4.79 Å². The third-order valence-corrected chi connectivity index (χ3v) is 4.69. The van der Waals surface area contributed by atoms with E-state index < -0.39 is 0 Å². The second-order valence-electron chi connectivity index (χ2n) is 6.38. The van der Waals surface area contributed by atoms with Crippen LogP contribution in [0.3, 0.4) is 0 Å². The van der Waals surface area contributed by atoms with Crippen LogP contribution in [-0.2, 0) is 6.42 Å². The quantitative estimate of drug-likeness (QED) is 0.359. The lowest BCUT2D eigenvalue weighted by atomic mass is 10.0. The number of methoxy groups -OCH3 is 1. The van der Waals surface area contributed by atoms with E-state index in [-0.39, 0.29) is 34.6 Å². The van der Waals surface area contributed by atoms with Gasteiger partial charge in [0.05, 0.1) is 12.6 Å². The standard InChI is InChI=1S/C22H16ClN3O4/c1-29-17-8-10-24-20(21(17)28)16(27)12-13-4-6-15-14(11-13)5-7-19(26-15)30-18-3-2-9-25-22(18)23/h2-11,28H,12H2,1H3. The molecule has 0 unspecified atom stereocenters.